The number of hydrogen-bond donors (Lipinski definition) is 0. The Kier molecular flexibility index (Phi) is 11.0. The standard InChI is InChI=1S/C56H62S2/c1-35-15-33-45(57-35)51-49(39-21-29-43(30-22-39)55(9,10)11)47(37-17-25-41(26-18-37)53(3,4)5)48(38-19-27-42(28-20-38)54(6,7)8)50(52(51)46-34-16-36(2)58-46)40-23-31-44(32-24-40)56(12,13)14/h15-34H,1-14H3. The van der Waals surface area contributed by atoms with E-state index in [0.717, 1.165) is 0 Å². The van der Waals surface area contributed by atoms with Crippen LogP contribution in [-0.4, -0.2) is 0 Å². The van der Waals surface area contributed by atoms with Crippen LogP contribution in [0.15, 0.2) is 121 Å². The van der Waals surface area contributed by atoms with Gasteiger partial charge in [0, 0.05) is 30.6 Å². The highest BCUT2D eigenvalue weighted by atomic mass is 32.1. The van der Waals surface area contributed by atoms with Crippen molar-refractivity contribution >= 4 is 22.7 Å². The lowest BCUT2D eigenvalue weighted by atomic mass is 9.75. The van der Waals surface area contributed by atoms with E-state index in [1.54, 1.807) is 0 Å². The van der Waals surface area contributed by atoms with E-state index in [1.807, 2.05) is 22.7 Å². The SMILES string of the molecule is Cc1ccc(-c2c(-c3ccc(C(C)(C)C)cc3)c(-c3ccc(C(C)(C)C)cc3)c(-c3ccc(C(C)(C)C)cc3)c(-c3ccc(C(C)(C)C)cc3)c2-c2ccc(C)s2)s1. The number of rotatable bonds is 6. The maximum Gasteiger partial charge on any atom is 0.0358 e. The summed E-state index contributed by atoms with van der Waals surface area (Å²) < 4.78 is 0. The van der Waals surface area contributed by atoms with Crippen LogP contribution in [0.4, 0.5) is 0 Å². The predicted molar refractivity (Wildman–Crippen MR) is 259 cm³/mol. The van der Waals surface area contributed by atoms with Crippen LogP contribution in [0.3, 0.4) is 0 Å². The zero-order valence-electron chi connectivity index (χ0n) is 37.4. The third-order valence-electron chi connectivity index (χ3n) is 11.6. The molecule has 58 heavy (non-hydrogen) atoms. The summed E-state index contributed by atoms with van der Waals surface area (Å²) in [6.45, 7) is 32.2. The van der Waals surface area contributed by atoms with Crippen LogP contribution in [0.2, 0.25) is 0 Å². The Balaban J connectivity index is 1.76. The number of hydrogen-bond acceptors (Lipinski definition) is 2. The van der Waals surface area contributed by atoms with E-state index >= 15 is 0 Å². The van der Waals surface area contributed by atoms with Crippen molar-refractivity contribution in [3.8, 4) is 65.4 Å². The third kappa shape index (κ3) is 8.34. The van der Waals surface area contributed by atoms with Crippen molar-refractivity contribution in [1.29, 1.82) is 0 Å². The van der Waals surface area contributed by atoms with Crippen molar-refractivity contribution in [2.24, 2.45) is 0 Å². The molecule has 0 amide bonds. The smallest absolute Gasteiger partial charge is 0.0358 e. The monoisotopic (exact) mass is 798 g/mol. The van der Waals surface area contributed by atoms with Crippen LogP contribution in [-0.2, 0) is 21.7 Å². The summed E-state index contributed by atoms with van der Waals surface area (Å²) in [7, 11) is 0. The molecule has 0 atom stereocenters. The van der Waals surface area contributed by atoms with Crippen LogP contribution in [0.1, 0.15) is 115 Å². The van der Waals surface area contributed by atoms with Crippen molar-refractivity contribution in [3.05, 3.63) is 153 Å². The number of benzene rings is 5. The van der Waals surface area contributed by atoms with Crippen molar-refractivity contribution in [3.63, 3.8) is 0 Å². The molecule has 0 radical (unpaired) electrons. The average molecular weight is 799 g/mol. The number of aryl methyl sites for hydroxylation is 2. The Labute approximate surface area is 358 Å². The van der Waals surface area contributed by atoms with E-state index in [-0.39, 0.29) is 21.7 Å². The van der Waals surface area contributed by atoms with Gasteiger partial charge in [-0.3, -0.25) is 0 Å². The van der Waals surface area contributed by atoms with Crippen LogP contribution in [0, 0.1) is 13.8 Å². The lowest BCUT2D eigenvalue weighted by molar-refractivity contribution is 0.590. The lowest BCUT2D eigenvalue weighted by Crippen LogP contribution is -2.11. The Morgan fingerprint density at radius 2 is 0.466 bits per heavy atom. The molecule has 7 aromatic rings. The zero-order chi connectivity index (χ0) is 41.9. The molecule has 0 saturated heterocycles. The molecule has 298 valence electrons. The predicted octanol–water partition coefficient (Wildman–Crippen LogP) is 17.6. The molecule has 0 aliphatic carbocycles. The molecule has 2 heteroatoms. The summed E-state index contributed by atoms with van der Waals surface area (Å²) in [5, 5.41) is 0. The first-order valence-electron chi connectivity index (χ1n) is 20.9. The first kappa shape index (κ1) is 41.7. The molecule has 2 heterocycles. The van der Waals surface area contributed by atoms with Crippen LogP contribution < -0.4 is 0 Å². The molecular weight excluding hydrogens is 737 g/mol. The van der Waals surface area contributed by atoms with Gasteiger partial charge in [-0.25, -0.2) is 0 Å². The van der Waals surface area contributed by atoms with E-state index in [1.165, 1.54) is 97.4 Å². The van der Waals surface area contributed by atoms with Crippen molar-refractivity contribution in [2.45, 2.75) is 119 Å². The van der Waals surface area contributed by atoms with Gasteiger partial charge in [0.1, 0.15) is 0 Å². The minimum atomic E-state index is 0.0380. The fraction of sp³-hybridized carbons (Fsp3) is 0.321. The molecule has 0 nitrogen and oxygen atoms in total. The number of thiophene rings is 2. The van der Waals surface area contributed by atoms with Gasteiger partial charge in [0.15, 0.2) is 0 Å². The van der Waals surface area contributed by atoms with Crippen LogP contribution >= 0.6 is 22.7 Å². The lowest BCUT2D eigenvalue weighted by Gasteiger charge is -2.29. The van der Waals surface area contributed by atoms with Gasteiger partial charge in [0.25, 0.3) is 0 Å². The second-order valence-electron chi connectivity index (χ2n) is 20.4. The Hall–Kier alpha value is -4.50. The second kappa shape index (κ2) is 15.3. The van der Waals surface area contributed by atoms with Gasteiger partial charge >= 0.3 is 0 Å². The van der Waals surface area contributed by atoms with Gasteiger partial charge in [-0.1, -0.05) is 180 Å². The summed E-state index contributed by atoms with van der Waals surface area (Å²) >= 11 is 3.81. The minimum absolute atomic E-state index is 0.0380. The van der Waals surface area contributed by atoms with Gasteiger partial charge in [-0.2, -0.15) is 0 Å². The topological polar surface area (TPSA) is 0 Å². The molecule has 0 fully saturated rings. The summed E-state index contributed by atoms with van der Waals surface area (Å²) in [5.41, 5.74) is 18.2. The van der Waals surface area contributed by atoms with Gasteiger partial charge in [-0.15, -0.1) is 22.7 Å². The largest absolute Gasteiger partial charge is 0.141 e. The second-order valence-corrected chi connectivity index (χ2v) is 23.0. The van der Waals surface area contributed by atoms with Gasteiger partial charge < -0.3 is 0 Å². The van der Waals surface area contributed by atoms with Gasteiger partial charge in [0.05, 0.1) is 0 Å². The molecule has 0 bridgehead atoms. The van der Waals surface area contributed by atoms with E-state index < -0.39 is 0 Å². The third-order valence-corrected chi connectivity index (χ3v) is 13.7. The molecule has 0 unspecified atom stereocenters. The summed E-state index contributed by atoms with van der Waals surface area (Å²) in [4.78, 5) is 5.21. The molecule has 0 saturated carbocycles. The van der Waals surface area contributed by atoms with E-state index in [9.17, 15) is 0 Å². The molecular formula is C56H62S2. The molecule has 7 rings (SSSR count). The fourth-order valence-corrected chi connectivity index (χ4v) is 9.93. The summed E-state index contributed by atoms with van der Waals surface area (Å²) in [6, 6.07) is 47.3. The highest BCUT2D eigenvalue weighted by molar-refractivity contribution is 7.16. The van der Waals surface area contributed by atoms with Gasteiger partial charge in [-0.05, 0) is 127 Å². The van der Waals surface area contributed by atoms with Crippen LogP contribution in [0.5, 0.6) is 0 Å². The highest BCUT2D eigenvalue weighted by Gasteiger charge is 2.31. The average Bonchev–Trinajstić information content (AvgIpc) is 3.80. The first-order chi connectivity index (χ1) is 27.1. The maximum absolute atomic E-state index is 2.39. The quantitative estimate of drug-likeness (QED) is 0.157. The van der Waals surface area contributed by atoms with Crippen LogP contribution in [0.25, 0.3) is 65.4 Å². The van der Waals surface area contributed by atoms with Gasteiger partial charge in [0.2, 0.25) is 0 Å². The molecule has 0 aliphatic rings. The van der Waals surface area contributed by atoms with Crippen molar-refractivity contribution in [1.82, 2.24) is 0 Å². The zero-order valence-corrected chi connectivity index (χ0v) is 39.0. The molecule has 5 aromatic carbocycles. The summed E-state index contributed by atoms with van der Waals surface area (Å²) in [5.74, 6) is 0. The minimum Gasteiger partial charge on any atom is -0.141 e. The molecule has 2 aromatic heterocycles. The Morgan fingerprint density at radius 3 is 0.638 bits per heavy atom. The van der Waals surface area contributed by atoms with E-state index in [2.05, 4.69) is 218 Å². The van der Waals surface area contributed by atoms with Crippen molar-refractivity contribution < 1.29 is 0 Å². The van der Waals surface area contributed by atoms with E-state index in [4.69, 9.17) is 0 Å². The molecule has 0 spiro atoms. The normalized spacial score (nSPS) is 12.7. The highest BCUT2D eigenvalue weighted by Crippen LogP contribution is 2.57. The maximum atomic E-state index is 2.39. The molecule has 0 aliphatic heterocycles. The summed E-state index contributed by atoms with van der Waals surface area (Å²) in [6.07, 6.45) is 0. The van der Waals surface area contributed by atoms with Crippen molar-refractivity contribution in [2.75, 3.05) is 0 Å². The fourth-order valence-electron chi connectivity index (χ4n) is 8.08. The first-order valence-corrected chi connectivity index (χ1v) is 22.6. The molecule has 0 N–H and O–H groups in total. The van der Waals surface area contributed by atoms with E-state index in [0.29, 0.717) is 0 Å². The Bertz CT molecular complexity index is 2360. The Morgan fingerprint density at radius 1 is 0.259 bits per heavy atom.